The first-order valence-corrected chi connectivity index (χ1v) is 18.1. The van der Waals surface area contributed by atoms with Crippen molar-refractivity contribution in [3.63, 3.8) is 0 Å². The van der Waals surface area contributed by atoms with Crippen molar-refractivity contribution in [1.29, 1.82) is 0 Å². The Labute approximate surface area is 226 Å². The molecule has 0 aliphatic carbocycles. The molecular weight excluding hydrogens is 496 g/mol. The quantitative estimate of drug-likeness (QED) is 0.286. The Morgan fingerprint density at radius 1 is 0.649 bits per heavy atom. The van der Waals surface area contributed by atoms with Gasteiger partial charge in [-0.1, -0.05) is 96.9 Å². The van der Waals surface area contributed by atoms with Gasteiger partial charge in [0.25, 0.3) is 0 Å². The molecule has 0 saturated carbocycles. The smallest absolute Gasteiger partial charge is 0.335 e. The zero-order valence-corrected chi connectivity index (χ0v) is 26.1. The Bertz CT molecular complexity index is 946. The van der Waals surface area contributed by atoms with E-state index < -0.39 is 29.1 Å². The highest BCUT2D eigenvalue weighted by molar-refractivity contribution is 6.85. The Morgan fingerprint density at radius 2 is 1.00 bits per heavy atom. The van der Waals surface area contributed by atoms with Crippen LogP contribution < -0.4 is 10.4 Å². The van der Waals surface area contributed by atoms with E-state index in [1.54, 1.807) is 36.4 Å². The second-order valence-corrected chi connectivity index (χ2v) is 18.5. The first-order valence-electron chi connectivity index (χ1n) is 13.5. The fraction of sp³-hybridized carbons (Fsp3) is 0.533. The van der Waals surface area contributed by atoms with Crippen LogP contribution in [-0.4, -0.2) is 44.1 Å². The average molecular weight is 545 g/mol. The van der Waals surface area contributed by atoms with Gasteiger partial charge in [0.2, 0.25) is 8.32 Å². The summed E-state index contributed by atoms with van der Waals surface area (Å²) in [5.74, 6) is 0.556. The first-order chi connectivity index (χ1) is 17.1. The zero-order chi connectivity index (χ0) is 28.3. The van der Waals surface area contributed by atoms with Gasteiger partial charge in [0.15, 0.2) is 0 Å². The molecule has 0 amide bonds. The van der Waals surface area contributed by atoms with E-state index in [2.05, 4.69) is 55.4 Å². The molecule has 37 heavy (non-hydrogen) atoms. The molecule has 0 radical (unpaired) electrons. The molecule has 5 nitrogen and oxygen atoms in total. The fourth-order valence-corrected chi connectivity index (χ4v) is 12.9. The molecule has 0 spiro atoms. The topological polar surface area (TPSA) is 94.8 Å². The van der Waals surface area contributed by atoms with E-state index in [1.807, 2.05) is 12.1 Å². The highest BCUT2D eigenvalue weighted by atomic mass is 28.4. The maximum atomic E-state index is 11.0. The van der Waals surface area contributed by atoms with Crippen LogP contribution in [0.3, 0.4) is 0 Å². The molecule has 0 atom stereocenters. The Kier molecular flexibility index (Phi) is 13.5. The number of carboxylic acids is 2. The van der Waals surface area contributed by atoms with Crippen LogP contribution >= 0.6 is 0 Å². The maximum absolute atomic E-state index is 11.0. The van der Waals surface area contributed by atoms with Gasteiger partial charge in [-0.3, -0.25) is 0 Å². The normalized spacial score (nSPS) is 11.8. The largest absolute Gasteiger partial charge is 0.478 e. The molecule has 2 aromatic rings. The third-order valence-electron chi connectivity index (χ3n) is 6.30. The van der Waals surface area contributed by atoms with Crippen LogP contribution in [0.2, 0.25) is 24.2 Å². The minimum absolute atomic E-state index is 0.272. The van der Waals surface area contributed by atoms with Crippen molar-refractivity contribution in [2.45, 2.75) is 79.6 Å². The van der Waals surface area contributed by atoms with E-state index in [4.69, 9.17) is 10.2 Å². The summed E-state index contributed by atoms with van der Waals surface area (Å²) in [6.07, 6.45) is 0. The molecule has 3 N–H and O–H groups in total. The first kappa shape index (κ1) is 32.8. The van der Waals surface area contributed by atoms with Gasteiger partial charge in [0.05, 0.1) is 19.9 Å². The van der Waals surface area contributed by atoms with Gasteiger partial charge in [0.1, 0.15) is 0 Å². The van der Waals surface area contributed by atoms with Crippen molar-refractivity contribution in [3.05, 3.63) is 59.7 Å². The van der Waals surface area contributed by atoms with Gasteiger partial charge in [-0.05, 0) is 65.2 Å². The monoisotopic (exact) mass is 544 g/mol. The van der Waals surface area contributed by atoms with Crippen LogP contribution in [0.15, 0.2) is 48.5 Å². The van der Waals surface area contributed by atoms with Crippen molar-refractivity contribution in [3.8, 4) is 0 Å². The summed E-state index contributed by atoms with van der Waals surface area (Å²) < 4.78 is 0. The van der Waals surface area contributed by atoms with Crippen molar-refractivity contribution >= 4 is 39.4 Å². The maximum Gasteiger partial charge on any atom is 0.335 e. The summed E-state index contributed by atoms with van der Waals surface area (Å²) in [6.45, 7) is 17.5. The summed E-state index contributed by atoms with van der Waals surface area (Å²) in [6, 6.07) is 18.6. The van der Waals surface area contributed by atoms with Crippen LogP contribution in [0.4, 0.5) is 0 Å². The van der Waals surface area contributed by atoms with E-state index in [0.29, 0.717) is 17.4 Å². The van der Waals surface area contributed by atoms with Gasteiger partial charge in [-0.2, -0.15) is 0 Å². The minimum Gasteiger partial charge on any atom is -0.478 e. The molecule has 2 rings (SSSR count). The van der Waals surface area contributed by atoms with Crippen molar-refractivity contribution in [1.82, 2.24) is 0 Å². The number of benzene rings is 2. The molecule has 7 heteroatoms. The average Bonchev–Trinajstić information content (AvgIpc) is 2.77. The second kappa shape index (κ2) is 15.2. The Balaban J connectivity index is 0.000000371. The van der Waals surface area contributed by atoms with Crippen molar-refractivity contribution in [2.24, 2.45) is 23.7 Å². The number of carbonyl (C=O) groups is 2. The van der Waals surface area contributed by atoms with E-state index >= 15 is 0 Å². The molecule has 0 saturated heterocycles. The fourth-order valence-electron chi connectivity index (χ4n) is 5.00. The minimum atomic E-state index is -2.50. The summed E-state index contributed by atoms with van der Waals surface area (Å²) in [5.41, 5.74) is 0.662. The Hall–Kier alpha value is -2.23. The van der Waals surface area contributed by atoms with Crippen LogP contribution in [0.5, 0.6) is 0 Å². The van der Waals surface area contributed by atoms with Gasteiger partial charge in [-0.15, -0.1) is 0 Å². The lowest BCUT2D eigenvalue weighted by Crippen LogP contribution is -2.49. The number of aromatic carboxylic acids is 2. The highest BCUT2D eigenvalue weighted by Crippen LogP contribution is 2.23. The van der Waals surface area contributed by atoms with Gasteiger partial charge >= 0.3 is 11.9 Å². The molecule has 0 aliphatic rings. The summed E-state index contributed by atoms with van der Waals surface area (Å²) >= 11 is 0. The van der Waals surface area contributed by atoms with Crippen LogP contribution in [0, 0.1) is 23.7 Å². The lowest BCUT2D eigenvalue weighted by atomic mass is 10.2. The predicted octanol–water partition coefficient (Wildman–Crippen LogP) is 5.97. The second-order valence-electron chi connectivity index (χ2n) is 12.0. The predicted molar refractivity (Wildman–Crippen MR) is 160 cm³/mol. The van der Waals surface area contributed by atoms with E-state index in [-0.39, 0.29) is 5.56 Å². The highest BCUT2D eigenvalue weighted by Gasteiger charge is 2.35. The molecule has 0 fully saturated rings. The number of carboxylic acid groups (broad SMARTS) is 2. The summed E-state index contributed by atoms with van der Waals surface area (Å²) in [4.78, 5) is 32.8. The molecule has 0 aliphatic heterocycles. The van der Waals surface area contributed by atoms with Crippen LogP contribution in [0.25, 0.3) is 0 Å². The van der Waals surface area contributed by atoms with E-state index in [0.717, 1.165) is 29.1 Å². The molecular formula is C30H48O5Si2. The van der Waals surface area contributed by atoms with Gasteiger partial charge in [-0.25, -0.2) is 9.59 Å². The van der Waals surface area contributed by atoms with Crippen molar-refractivity contribution < 1.29 is 24.6 Å². The zero-order valence-electron chi connectivity index (χ0n) is 24.0. The third kappa shape index (κ3) is 11.8. The summed E-state index contributed by atoms with van der Waals surface area (Å²) in [7, 11) is -3.46. The standard InChI is InChI=1S/C15H24O3Si.C15H24O2Si/c1-11(2)9-19(18,10-12(3)4)14-7-5-13(6-8-14)15(16)17;1-11(2)9-18(10-12(3)4)14-7-5-13(6-8-14)15(16)17/h5-8,11-12,18H,9-10H2,1-4H3,(H,16,17);5-8,11-12,18H,9-10H2,1-4H3,(H,16,17). The molecule has 2 aromatic carbocycles. The van der Waals surface area contributed by atoms with Gasteiger partial charge < -0.3 is 15.0 Å². The number of hydrogen-bond donors (Lipinski definition) is 3. The molecule has 206 valence electrons. The lowest BCUT2D eigenvalue weighted by molar-refractivity contribution is 0.0686. The molecule has 0 aromatic heterocycles. The summed E-state index contributed by atoms with van der Waals surface area (Å²) in [5, 5.41) is 20.2. The van der Waals surface area contributed by atoms with Crippen molar-refractivity contribution in [2.75, 3.05) is 0 Å². The number of hydrogen-bond acceptors (Lipinski definition) is 3. The molecule has 0 bridgehead atoms. The lowest BCUT2D eigenvalue weighted by Gasteiger charge is -2.29. The molecule has 0 unspecified atom stereocenters. The number of rotatable bonds is 12. The Morgan fingerprint density at radius 3 is 1.30 bits per heavy atom. The van der Waals surface area contributed by atoms with Crippen LogP contribution in [-0.2, 0) is 0 Å². The van der Waals surface area contributed by atoms with Gasteiger partial charge in [0, 0.05) is 0 Å². The SMILES string of the molecule is CC(C)C[SiH](CC(C)C)c1ccc(C(=O)O)cc1.CC(C)C[Si](O)(CC(C)C)c1ccc(C(=O)O)cc1. The van der Waals surface area contributed by atoms with E-state index in [9.17, 15) is 14.4 Å². The van der Waals surface area contributed by atoms with E-state index in [1.165, 1.54) is 17.3 Å². The molecule has 0 heterocycles. The van der Waals surface area contributed by atoms with Crippen LogP contribution in [0.1, 0.15) is 76.1 Å². The third-order valence-corrected chi connectivity index (χ3v) is 15.0.